The molecular weight excluding hydrogens is 311 g/mol. The molecule has 0 saturated heterocycles. The Morgan fingerprint density at radius 3 is 3.00 bits per heavy atom. The quantitative estimate of drug-likeness (QED) is 0.826. The maximum atomic E-state index is 13.2. The molecule has 0 radical (unpaired) electrons. The van der Waals surface area contributed by atoms with E-state index < -0.39 is 0 Å². The Bertz CT molecular complexity index is 629. The topological polar surface area (TPSA) is 41.9 Å². The van der Waals surface area contributed by atoms with E-state index in [9.17, 15) is 4.39 Å². The van der Waals surface area contributed by atoms with Gasteiger partial charge in [-0.3, -0.25) is 4.68 Å². The van der Waals surface area contributed by atoms with Gasteiger partial charge in [0.2, 0.25) is 0 Å². The van der Waals surface area contributed by atoms with Gasteiger partial charge in [-0.1, -0.05) is 30.7 Å². The highest BCUT2D eigenvalue weighted by molar-refractivity contribution is 7.80. The summed E-state index contributed by atoms with van der Waals surface area (Å²) in [7, 11) is 0. The third kappa shape index (κ3) is 4.68. The second kappa shape index (κ2) is 7.38. The lowest BCUT2D eigenvalue weighted by Crippen LogP contribution is -2.29. The van der Waals surface area contributed by atoms with Gasteiger partial charge in [0.25, 0.3) is 0 Å². The van der Waals surface area contributed by atoms with Gasteiger partial charge in [0.1, 0.15) is 10.8 Å². The van der Waals surface area contributed by atoms with E-state index in [0.29, 0.717) is 22.5 Å². The number of nitrogens with zero attached hydrogens (tertiary/aromatic N) is 2. The molecule has 0 unspecified atom stereocenters. The predicted octanol–water partition coefficient (Wildman–Crippen LogP) is 3.42. The minimum absolute atomic E-state index is 0.269. The van der Waals surface area contributed by atoms with Crippen molar-refractivity contribution in [1.29, 1.82) is 0 Å². The fraction of sp³-hybridized carbons (Fsp3) is 0.286. The predicted molar refractivity (Wildman–Crippen MR) is 87.3 cm³/mol. The highest BCUT2D eigenvalue weighted by Gasteiger charge is 2.09. The van der Waals surface area contributed by atoms with Crippen molar-refractivity contribution in [3.05, 3.63) is 46.9 Å². The van der Waals surface area contributed by atoms with Gasteiger partial charge in [0.05, 0.1) is 6.54 Å². The van der Waals surface area contributed by atoms with Gasteiger partial charge >= 0.3 is 0 Å². The van der Waals surface area contributed by atoms with Crippen LogP contribution in [0.5, 0.6) is 0 Å². The first kappa shape index (κ1) is 15.7. The zero-order chi connectivity index (χ0) is 15.2. The minimum atomic E-state index is -0.269. The lowest BCUT2D eigenvalue weighted by atomic mass is 10.2. The molecular formula is C14H16ClFN4S. The van der Waals surface area contributed by atoms with Crippen LogP contribution in [0.25, 0.3) is 0 Å². The summed E-state index contributed by atoms with van der Waals surface area (Å²) in [4.78, 5) is 0. The van der Waals surface area contributed by atoms with Crippen LogP contribution in [-0.2, 0) is 6.54 Å². The van der Waals surface area contributed by atoms with Crippen molar-refractivity contribution in [1.82, 2.24) is 15.1 Å². The summed E-state index contributed by atoms with van der Waals surface area (Å²) in [6.45, 7) is 3.28. The van der Waals surface area contributed by atoms with Crippen molar-refractivity contribution in [2.45, 2.75) is 19.9 Å². The van der Waals surface area contributed by atoms with E-state index in [2.05, 4.69) is 22.7 Å². The molecule has 112 valence electrons. The Balaban J connectivity index is 2.03. The fourth-order valence-electron chi connectivity index (χ4n) is 1.78. The van der Waals surface area contributed by atoms with Gasteiger partial charge in [-0.15, -0.1) is 0 Å². The molecule has 2 N–H and O–H groups in total. The summed E-state index contributed by atoms with van der Waals surface area (Å²) in [5.41, 5.74) is 0.812. The van der Waals surface area contributed by atoms with Crippen molar-refractivity contribution >= 4 is 34.7 Å². The smallest absolute Gasteiger partial charge is 0.173 e. The van der Waals surface area contributed by atoms with E-state index >= 15 is 0 Å². The van der Waals surface area contributed by atoms with Gasteiger partial charge < -0.3 is 10.6 Å². The van der Waals surface area contributed by atoms with E-state index in [1.807, 2.05) is 6.07 Å². The molecule has 0 bridgehead atoms. The van der Waals surface area contributed by atoms with Crippen LogP contribution in [0.15, 0.2) is 30.5 Å². The summed E-state index contributed by atoms with van der Waals surface area (Å²) >= 11 is 11.3. The summed E-state index contributed by atoms with van der Waals surface area (Å²) in [6, 6.07) is 6.37. The second-order valence-corrected chi connectivity index (χ2v) is 5.35. The van der Waals surface area contributed by atoms with Gasteiger partial charge in [0.15, 0.2) is 10.9 Å². The number of anilines is 1. The van der Waals surface area contributed by atoms with Crippen LogP contribution < -0.4 is 10.6 Å². The van der Waals surface area contributed by atoms with E-state index in [0.717, 1.165) is 18.5 Å². The normalized spacial score (nSPS) is 10.4. The van der Waals surface area contributed by atoms with Gasteiger partial charge in [-0.2, -0.15) is 5.10 Å². The average Bonchev–Trinajstić information content (AvgIpc) is 2.76. The Morgan fingerprint density at radius 1 is 1.48 bits per heavy atom. The molecule has 0 fully saturated rings. The van der Waals surface area contributed by atoms with Crippen LogP contribution in [0.4, 0.5) is 10.2 Å². The number of thiocarbonyl (C=S) groups is 1. The van der Waals surface area contributed by atoms with Crippen LogP contribution in [0.3, 0.4) is 0 Å². The molecule has 7 heteroatoms. The fourth-order valence-corrected chi connectivity index (χ4v) is 2.17. The first-order valence-corrected chi connectivity index (χ1v) is 7.39. The number of aromatic nitrogens is 2. The highest BCUT2D eigenvalue weighted by atomic mass is 35.5. The number of rotatable bonds is 5. The highest BCUT2D eigenvalue weighted by Crippen LogP contribution is 2.20. The summed E-state index contributed by atoms with van der Waals surface area (Å²) < 4.78 is 14.8. The average molecular weight is 327 g/mol. The monoisotopic (exact) mass is 326 g/mol. The molecule has 0 atom stereocenters. The van der Waals surface area contributed by atoms with E-state index in [4.69, 9.17) is 23.8 Å². The lowest BCUT2D eigenvalue weighted by molar-refractivity contribution is 0.619. The van der Waals surface area contributed by atoms with E-state index in [1.54, 1.807) is 16.9 Å². The molecule has 0 amide bonds. The Labute approximate surface area is 133 Å². The molecule has 0 spiro atoms. The summed E-state index contributed by atoms with van der Waals surface area (Å²) in [6.07, 6.45) is 2.65. The molecule has 2 rings (SSSR count). The minimum Gasteiger partial charge on any atom is -0.362 e. The summed E-state index contributed by atoms with van der Waals surface area (Å²) in [5.74, 6) is 0.218. The lowest BCUT2D eigenvalue weighted by Gasteiger charge is -2.07. The van der Waals surface area contributed by atoms with Crippen molar-refractivity contribution in [2.24, 2.45) is 0 Å². The Morgan fingerprint density at radius 2 is 2.29 bits per heavy atom. The molecule has 0 aliphatic heterocycles. The van der Waals surface area contributed by atoms with Crippen molar-refractivity contribution < 1.29 is 4.39 Å². The molecule has 0 saturated carbocycles. The number of benzene rings is 1. The molecule has 21 heavy (non-hydrogen) atoms. The van der Waals surface area contributed by atoms with Crippen molar-refractivity contribution in [3.8, 4) is 0 Å². The number of nitrogens with one attached hydrogen (secondary N) is 2. The molecule has 0 aliphatic rings. The third-order valence-electron chi connectivity index (χ3n) is 2.72. The number of hydrogen-bond acceptors (Lipinski definition) is 2. The van der Waals surface area contributed by atoms with Crippen molar-refractivity contribution in [3.63, 3.8) is 0 Å². The first-order valence-electron chi connectivity index (χ1n) is 6.60. The van der Waals surface area contributed by atoms with E-state index in [-0.39, 0.29) is 5.82 Å². The van der Waals surface area contributed by atoms with E-state index in [1.165, 1.54) is 12.1 Å². The maximum Gasteiger partial charge on any atom is 0.173 e. The number of halogens is 2. The largest absolute Gasteiger partial charge is 0.362 e. The van der Waals surface area contributed by atoms with Gasteiger partial charge in [-0.25, -0.2) is 4.39 Å². The van der Waals surface area contributed by atoms with Crippen LogP contribution in [0.1, 0.15) is 18.9 Å². The third-order valence-corrected chi connectivity index (χ3v) is 3.24. The molecule has 2 aromatic rings. The van der Waals surface area contributed by atoms with Gasteiger partial charge in [-0.05, 0) is 36.3 Å². The first-order chi connectivity index (χ1) is 10.1. The Kier molecular flexibility index (Phi) is 5.52. The zero-order valence-corrected chi connectivity index (χ0v) is 13.1. The zero-order valence-electron chi connectivity index (χ0n) is 11.6. The molecule has 1 heterocycles. The Hall–Kier alpha value is -1.66. The summed E-state index contributed by atoms with van der Waals surface area (Å²) in [5, 5.41) is 11.2. The molecule has 4 nitrogen and oxygen atoms in total. The van der Waals surface area contributed by atoms with Crippen LogP contribution in [0, 0.1) is 5.82 Å². The molecule has 0 aliphatic carbocycles. The van der Waals surface area contributed by atoms with Crippen LogP contribution >= 0.6 is 23.8 Å². The van der Waals surface area contributed by atoms with Crippen LogP contribution in [-0.4, -0.2) is 21.4 Å². The van der Waals surface area contributed by atoms with Gasteiger partial charge in [0, 0.05) is 12.7 Å². The maximum absolute atomic E-state index is 13.2. The second-order valence-electron chi connectivity index (χ2n) is 4.53. The molecule has 1 aromatic carbocycles. The van der Waals surface area contributed by atoms with Crippen LogP contribution in [0.2, 0.25) is 5.02 Å². The van der Waals surface area contributed by atoms with Crippen molar-refractivity contribution in [2.75, 3.05) is 11.9 Å². The standard InChI is InChI=1S/C14H16ClFN4S/c1-2-6-17-14(21)18-13-12(15)9-20(19-13)8-10-4-3-5-11(16)7-10/h3-5,7,9H,2,6,8H2,1H3,(H2,17,18,19,21). The SMILES string of the molecule is CCCNC(=S)Nc1nn(Cc2cccc(F)c2)cc1Cl. The molecule has 1 aromatic heterocycles. The number of hydrogen-bond donors (Lipinski definition) is 2.